The molecule has 1 aliphatic heterocycles. The number of hydrogen-bond donors (Lipinski definition) is 1. The summed E-state index contributed by atoms with van der Waals surface area (Å²) >= 11 is 0. The summed E-state index contributed by atoms with van der Waals surface area (Å²) in [6, 6.07) is 4.06. The lowest BCUT2D eigenvalue weighted by Crippen LogP contribution is -2.52. The second-order valence-electron chi connectivity index (χ2n) is 4.73. The van der Waals surface area contributed by atoms with Crippen LogP contribution in [0.1, 0.15) is 12.0 Å². The van der Waals surface area contributed by atoms with E-state index in [4.69, 9.17) is 4.74 Å². The van der Waals surface area contributed by atoms with Crippen LogP contribution in [0.4, 0.5) is 0 Å². The molecule has 19 heavy (non-hydrogen) atoms. The van der Waals surface area contributed by atoms with Gasteiger partial charge in [-0.15, -0.1) is 0 Å². The predicted molar refractivity (Wildman–Crippen MR) is 72.8 cm³/mol. The zero-order valence-corrected chi connectivity index (χ0v) is 11.3. The van der Waals surface area contributed by atoms with Crippen molar-refractivity contribution in [1.29, 1.82) is 0 Å². The third-order valence-electron chi connectivity index (χ3n) is 3.34. The van der Waals surface area contributed by atoms with Gasteiger partial charge in [0.05, 0.1) is 19.3 Å². The first-order valence-electron chi connectivity index (χ1n) is 6.72. The van der Waals surface area contributed by atoms with Crippen LogP contribution in [0.3, 0.4) is 0 Å². The molecule has 1 N–H and O–H groups in total. The second-order valence-corrected chi connectivity index (χ2v) is 4.73. The number of carbonyl (C=O) groups is 1. The molecule has 0 bridgehead atoms. The number of aromatic nitrogens is 1. The molecule has 5 nitrogen and oxygen atoms in total. The molecular weight excluding hydrogens is 242 g/mol. The number of amides is 1. The fourth-order valence-electron chi connectivity index (χ4n) is 2.33. The van der Waals surface area contributed by atoms with E-state index >= 15 is 0 Å². The number of hydrogen-bond acceptors (Lipinski definition) is 4. The Morgan fingerprint density at radius 2 is 2.53 bits per heavy atom. The third-order valence-corrected chi connectivity index (χ3v) is 3.34. The third kappa shape index (κ3) is 4.01. The summed E-state index contributed by atoms with van der Waals surface area (Å²) in [4.78, 5) is 18.3. The summed E-state index contributed by atoms with van der Waals surface area (Å²) in [5.74, 6) is 0.201. The van der Waals surface area contributed by atoms with Crippen molar-refractivity contribution in [3.05, 3.63) is 30.1 Å². The van der Waals surface area contributed by atoms with E-state index in [1.54, 1.807) is 6.20 Å². The fourth-order valence-corrected chi connectivity index (χ4v) is 2.33. The number of aryl methyl sites for hydroxylation is 1. The Balaban J connectivity index is 1.87. The Morgan fingerprint density at radius 3 is 3.26 bits per heavy atom. The van der Waals surface area contributed by atoms with Crippen molar-refractivity contribution < 1.29 is 9.53 Å². The fraction of sp³-hybridized carbons (Fsp3) is 0.571. The predicted octanol–water partition coefficient (Wildman–Crippen LogP) is 0.461. The Kier molecular flexibility index (Phi) is 5.30. The summed E-state index contributed by atoms with van der Waals surface area (Å²) in [7, 11) is 1.90. The number of morpholine rings is 1. The Morgan fingerprint density at radius 1 is 1.63 bits per heavy atom. The van der Waals surface area contributed by atoms with Crippen LogP contribution in [0.5, 0.6) is 0 Å². The molecular formula is C14H21N3O2. The first-order valence-corrected chi connectivity index (χ1v) is 6.72. The standard InChI is InChI=1S/C14H21N3O2/c1-15-10-13-11-19-8-7-17(13)14(18)5-4-12-3-2-6-16-9-12/h2-3,6,9,13,15H,4-5,7-8,10-11H2,1H3. The smallest absolute Gasteiger partial charge is 0.223 e. The molecule has 1 amide bonds. The molecule has 104 valence electrons. The highest BCUT2D eigenvalue weighted by Gasteiger charge is 2.26. The number of pyridine rings is 1. The lowest BCUT2D eigenvalue weighted by molar-refractivity contribution is -0.139. The molecule has 0 radical (unpaired) electrons. The zero-order valence-electron chi connectivity index (χ0n) is 11.3. The second kappa shape index (κ2) is 7.21. The van der Waals surface area contributed by atoms with Crippen molar-refractivity contribution in [1.82, 2.24) is 15.2 Å². The molecule has 1 fully saturated rings. The summed E-state index contributed by atoms with van der Waals surface area (Å²) in [6.45, 7) is 2.73. The SMILES string of the molecule is CNCC1COCCN1C(=O)CCc1cccnc1. The Hall–Kier alpha value is -1.46. The van der Waals surface area contributed by atoms with Gasteiger partial charge < -0.3 is 15.0 Å². The van der Waals surface area contributed by atoms with E-state index < -0.39 is 0 Å². The number of ether oxygens (including phenoxy) is 1. The molecule has 0 aliphatic carbocycles. The highest BCUT2D eigenvalue weighted by Crippen LogP contribution is 2.10. The van der Waals surface area contributed by atoms with E-state index in [1.165, 1.54) is 0 Å². The topological polar surface area (TPSA) is 54.5 Å². The van der Waals surface area contributed by atoms with Crippen LogP contribution in [0.15, 0.2) is 24.5 Å². The average Bonchev–Trinajstić information content (AvgIpc) is 2.47. The van der Waals surface area contributed by atoms with E-state index in [0.29, 0.717) is 26.2 Å². The molecule has 1 saturated heterocycles. The minimum absolute atomic E-state index is 0.153. The van der Waals surface area contributed by atoms with E-state index in [2.05, 4.69) is 10.3 Å². The van der Waals surface area contributed by atoms with Gasteiger partial charge in [-0.1, -0.05) is 6.07 Å². The van der Waals surface area contributed by atoms with Crippen molar-refractivity contribution in [2.75, 3.05) is 33.4 Å². The Bertz CT molecular complexity index is 395. The van der Waals surface area contributed by atoms with Crippen molar-refractivity contribution >= 4 is 5.91 Å². The maximum absolute atomic E-state index is 12.3. The molecule has 1 unspecified atom stereocenters. The van der Waals surface area contributed by atoms with Gasteiger partial charge in [0.1, 0.15) is 0 Å². The summed E-state index contributed by atoms with van der Waals surface area (Å²) in [5.41, 5.74) is 1.11. The van der Waals surface area contributed by atoms with Gasteiger partial charge in [0.2, 0.25) is 5.91 Å². The number of nitrogens with one attached hydrogen (secondary N) is 1. The normalized spacial score (nSPS) is 19.4. The average molecular weight is 263 g/mol. The minimum atomic E-state index is 0.153. The maximum atomic E-state index is 12.3. The number of nitrogens with zero attached hydrogens (tertiary/aromatic N) is 2. The van der Waals surface area contributed by atoms with Crippen LogP contribution in [0.25, 0.3) is 0 Å². The van der Waals surface area contributed by atoms with Gasteiger partial charge in [-0.2, -0.15) is 0 Å². The van der Waals surface area contributed by atoms with Gasteiger partial charge in [-0.25, -0.2) is 0 Å². The van der Waals surface area contributed by atoms with Crippen LogP contribution < -0.4 is 5.32 Å². The van der Waals surface area contributed by atoms with Crippen molar-refractivity contribution in [3.8, 4) is 0 Å². The monoisotopic (exact) mass is 263 g/mol. The van der Waals surface area contributed by atoms with Gasteiger partial charge >= 0.3 is 0 Å². The van der Waals surface area contributed by atoms with Crippen molar-refractivity contribution in [2.24, 2.45) is 0 Å². The molecule has 1 aliphatic rings. The van der Waals surface area contributed by atoms with Crippen LogP contribution in [0, 0.1) is 0 Å². The first-order chi connectivity index (χ1) is 9.31. The molecule has 0 spiro atoms. The first kappa shape index (κ1) is 14.0. The van der Waals surface area contributed by atoms with Gasteiger partial charge in [-0.3, -0.25) is 9.78 Å². The summed E-state index contributed by atoms with van der Waals surface area (Å²) < 4.78 is 5.43. The van der Waals surface area contributed by atoms with Gasteiger partial charge in [-0.05, 0) is 25.1 Å². The summed E-state index contributed by atoms with van der Waals surface area (Å²) in [6.07, 6.45) is 4.84. The number of likely N-dealkylation sites (N-methyl/N-ethyl adjacent to an activating group) is 1. The van der Waals surface area contributed by atoms with Crippen LogP contribution >= 0.6 is 0 Å². The zero-order chi connectivity index (χ0) is 13.5. The van der Waals surface area contributed by atoms with Crippen molar-refractivity contribution in [3.63, 3.8) is 0 Å². The molecule has 5 heteroatoms. The molecule has 1 aromatic heterocycles. The van der Waals surface area contributed by atoms with Crippen LogP contribution in [-0.2, 0) is 16.0 Å². The molecule has 2 rings (SSSR count). The highest BCUT2D eigenvalue weighted by molar-refractivity contribution is 5.77. The minimum Gasteiger partial charge on any atom is -0.377 e. The quantitative estimate of drug-likeness (QED) is 0.838. The summed E-state index contributed by atoms with van der Waals surface area (Å²) in [5, 5.41) is 3.11. The molecule has 0 aromatic carbocycles. The van der Waals surface area contributed by atoms with E-state index in [9.17, 15) is 4.79 Å². The molecule has 2 heterocycles. The molecule has 0 saturated carbocycles. The van der Waals surface area contributed by atoms with Gasteiger partial charge in [0.25, 0.3) is 0 Å². The molecule has 1 atom stereocenters. The largest absolute Gasteiger partial charge is 0.377 e. The lowest BCUT2D eigenvalue weighted by atomic mass is 10.1. The van der Waals surface area contributed by atoms with Gasteiger partial charge in [0.15, 0.2) is 0 Å². The van der Waals surface area contributed by atoms with E-state index in [0.717, 1.165) is 18.5 Å². The number of rotatable bonds is 5. The van der Waals surface area contributed by atoms with Crippen molar-refractivity contribution in [2.45, 2.75) is 18.9 Å². The van der Waals surface area contributed by atoms with Gasteiger partial charge in [0, 0.05) is 31.9 Å². The number of carbonyl (C=O) groups excluding carboxylic acids is 1. The van der Waals surface area contributed by atoms with E-state index in [-0.39, 0.29) is 11.9 Å². The Labute approximate surface area is 114 Å². The van der Waals surface area contributed by atoms with E-state index in [1.807, 2.05) is 30.3 Å². The lowest BCUT2D eigenvalue weighted by Gasteiger charge is -2.35. The molecule has 1 aromatic rings. The maximum Gasteiger partial charge on any atom is 0.223 e. The van der Waals surface area contributed by atoms with Crippen LogP contribution in [-0.4, -0.2) is 55.2 Å². The van der Waals surface area contributed by atoms with Crippen LogP contribution in [0.2, 0.25) is 0 Å². The highest BCUT2D eigenvalue weighted by atomic mass is 16.5.